The molecule has 18 heavy (non-hydrogen) atoms. The number of carbonyl (C=O) groups is 1. The topological polar surface area (TPSA) is 29.5 Å². The maximum atomic E-state index is 12.6. The van der Waals surface area contributed by atoms with Crippen LogP contribution in [0, 0.1) is 5.92 Å². The minimum Gasteiger partial charge on any atom is -0.465 e. The van der Waals surface area contributed by atoms with E-state index in [4.69, 9.17) is 4.74 Å². The first-order valence-electron chi connectivity index (χ1n) is 7.64. The molecule has 1 aliphatic carbocycles. The minimum atomic E-state index is -0.311. The van der Waals surface area contributed by atoms with E-state index in [9.17, 15) is 4.79 Å². The molecule has 0 N–H and O–H groups in total. The van der Waals surface area contributed by atoms with Gasteiger partial charge in [0.15, 0.2) is 0 Å². The highest BCUT2D eigenvalue weighted by atomic mass is 16.5. The predicted molar refractivity (Wildman–Crippen MR) is 72.4 cm³/mol. The SMILES string of the molecule is CCOC(=O)[C@]1(N2CCCCC2)CCCC[C@H]1C. The van der Waals surface area contributed by atoms with Crippen LogP contribution in [0.1, 0.15) is 58.8 Å². The van der Waals surface area contributed by atoms with Crippen LogP contribution in [0.2, 0.25) is 0 Å². The Kier molecular flexibility index (Phi) is 4.66. The van der Waals surface area contributed by atoms with Gasteiger partial charge in [0, 0.05) is 0 Å². The number of nitrogens with zero attached hydrogens (tertiary/aromatic N) is 1. The van der Waals surface area contributed by atoms with E-state index in [1.165, 1.54) is 32.1 Å². The van der Waals surface area contributed by atoms with Gasteiger partial charge in [0.05, 0.1) is 6.61 Å². The fourth-order valence-corrected chi connectivity index (χ4v) is 3.78. The van der Waals surface area contributed by atoms with Crippen LogP contribution in [0.4, 0.5) is 0 Å². The summed E-state index contributed by atoms with van der Waals surface area (Å²) >= 11 is 0. The Morgan fingerprint density at radius 3 is 2.56 bits per heavy atom. The summed E-state index contributed by atoms with van der Waals surface area (Å²) in [6, 6.07) is 0. The lowest BCUT2D eigenvalue weighted by molar-refractivity contribution is -0.166. The highest BCUT2D eigenvalue weighted by Crippen LogP contribution is 2.40. The maximum absolute atomic E-state index is 12.6. The van der Waals surface area contributed by atoms with Crippen molar-refractivity contribution in [1.82, 2.24) is 4.90 Å². The summed E-state index contributed by atoms with van der Waals surface area (Å²) in [7, 11) is 0. The summed E-state index contributed by atoms with van der Waals surface area (Å²) in [5, 5.41) is 0. The van der Waals surface area contributed by atoms with Gasteiger partial charge in [-0.25, -0.2) is 0 Å². The van der Waals surface area contributed by atoms with Crippen molar-refractivity contribution >= 4 is 5.97 Å². The van der Waals surface area contributed by atoms with Gasteiger partial charge in [0.2, 0.25) is 0 Å². The fourth-order valence-electron chi connectivity index (χ4n) is 3.78. The molecule has 1 aliphatic heterocycles. The van der Waals surface area contributed by atoms with Crippen LogP contribution in [-0.4, -0.2) is 36.1 Å². The van der Waals surface area contributed by atoms with Gasteiger partial charge >= 0.3 is 5.97 Å². The van der Waals surface area contributed by atoms with E-state index in [-0.39, 0.29) is 11.5 Å². The Labute approximate surface area is 111 Å². The van der Waals surface area contributed by atoms with Crippen LogP contribution >= 0.6 is 0 Å². The zero-order valence-electron chi connectivity index (χ0n) is 11.9. The second-order valence-electron chi connectivity index (χ2n) is 5.84. The van der Waals surface area contributed by atoms with Gasteiger partial charge in [-0.2, -0.15) is 0 Å². The molecule has 3 heteroatoms. The molecule has 2 atom stereocenters. The van der Waals surface area contributed by atoms with E-state index in [1.807, 2.05) is 6.92 Å². The highest BCUT2D eigenvalue weighted by molar-refractivity contribution is 5.81. The van der Waals surface area contributed by atoms with Crippen LogP contribution in [0.3, 0.4) is 0 Å². The van der Waals surface area contributed by atoms with Crippen molar-refractivity contribution in [2.24, 2.45) is 5.92 Å². The Hall–Kier alpha value is -0.570. The molecule has 2 fully saturated rings. The third kappa shape index (κ3) is 2.42. The third-order valence-electron chi connectivity index (χ3n) is 4.81. The van der Waals surface area contributed by atoms with Gasteiger partial charge in [0.25, 0.3) is 0 Å². The van der Waals surface area contributed by atoms with Crippen molar-refractivity contribution < 1.29 is 9.53 Å². The Morgan fingerprint density at radius 2 is 1.94 bits per heavy atom. The van der Waals surface area contributed by atoms with Crippen LogP contribution < -0.4 is 0 Å². The summed E-state index contributed by atoms with van der Waals surface area (Å²) < 4.78 is 5.43. The lowest BCUT2D eigenvalue weighted by atomic mass is 9.71. The molecular weight excluding hydrogens is 226 g/mol. The molecule has 0 radical (unpaired) electrons. The van der Waals surface area contributed by atoms with E-state index in [1.54, 1.807) is 0 Å². The lowest BCUT2D eigenvalue weighted by Crippen LogP contribution is -2.61. The monoisotopic (exact) mass is 253 g/mol. The molecular formula is C15H27NO2. The average molecular weight is 253 g/mol. The standard InChI is InChI=1S/C15H27NO2/c1-3-18-14(17)15(10-6-5-9-13(15)2)16-11-7-4-8-12-16/h13H,3-12H2,1-2H3/t13-,15+/m1/s1. The molecule has 1 heterocycles. The third-order valence-corrected chi connectivity index (χ3v) is 4.81. The van der Waals surface area contributed by atoms with Gasteiger partial charge in [-0.1, -0.05) is 26.2 Å². The summed E-state index contributed by atoms with van der Waals surface area (Å²) in [6.45, 7) is 6.80. The smallest absolute Gasteiger partial charge is 0.326 e. The number of carbonyl (C=O) groups excluding carboxylic acids is 1. The van der Waals surface area contributed by atoms with Crippen LogP contribution in [0.15, 0.2) is 0 Å². The zero-order chi connectivity index (χ0) is 13.0. The Bertz CT molecular complexity index is 286. The van der Waals surface area contributed by atoms with Crippen LogP contribution in [0.5, 0.6) is 0 Å². The van der Waals surface area contributed by atoms with E-state index >= 15 is 0 Å². The number of piperidine rings is 1. The van der Waals surface area contributed by atoms with Gasteiger partial charge in [0.1, 0.15) is 5.54 Å². The molecule has 2 rings (SSSR count). The van der Waals surface area contributed by atoms with Crippen molar-refractivity contribution in [2.45, 2.75) is 64.3 Å². The summed E-state index contributed by atoms with van der Waals surface area (Å²) in [6.07, 6.45) is 8.35. The van der Waals surface area contributed by atoms with E-state index in [0.717, 1.165) is 25.9 Å². The lowest BCUT2D eigenvalue weighted by Gasteiger charge is -2.49. The number of esters is 1. The molecule has 1 saturated heterocycles. The second-order valence-corrected chi connectivity index (χ2v) is 5.84. The average Bonchev–Trinajstić information content (AvgIpc) is 2.41. The predicted octanol–water partition coefficient (Wildman–Crippen LogP) is 2.98. The van der Waals surface area contributed by atoms with Crippen molar-refractivity contribution in [1.29, 1.82) is 0 Å². The molecule has 0 amide bonds. The van der Waals surface area contributed by atoms with Crippen molar-refractivity contribution in [3.05, 3.63) is 0 Å². The molecule has 104 valence electrons. The largest absolute Gasteiger partial charge is 0.465 e. The Morgan fingerprint density at radius 1 is 1.22 bits per heavy atom. The van der Waals surface area contributed by atoms with Crippen LogP contribution in [0.25, 0.3) is 0 Å². The zero-order valence-corrected chi connectivity index (χ0v) is 11.9. The highest BCUT2D eigenvalue weighted by Gasteiger charge is 2.50. The fraction of sp³-hybridized carbons (Fsp3) is 0.933. The second kappa shape index (κ2) is 6.05. The van der Waals surface area contributed by atoms with Gasteiger partial charge in [-0.3, -0.25) is 9.69 Å². The van der Waals surface area contributed by atoms with Gasteiger partial charge in [-0.15, -0.1) is 0 Å². The first kappa shape index (κ1) is 13.9. The maximum Gasteiger partial charge on any atom is 0.326 e. The molecule has 0 aromatic heterocycles. The molecule has 2 aliphatic rings. The van der Waals surface area contributed by atoms with E-state index < -0.39 is 0 Å². The first-order valence-corrected chi connectivity index (χ1v) is 7.64. The van der Waals surface area contributed by atoms with Crippen molar-refractivity contribution in [3.8, 4) is 0 Å². The van der Waals surface area contributed by atoms with Gasteiger partial charge < -0.3 is 4.74 Å². The van der Waals surface area contributed by atoms with E-state index in [2.05, 4.69) is 11.8 Å². The summed E-state index contributed by atoms with van der Waals surface area (Å²) in [5.74, 6) is 0.475. The molecule has 0 aromatic rings. The molecule has 3 nitrogen and oxygen atoms in total. The van der Waals surface area contributed by atoms with Crippen LogP contribution in [-0.2, 0) is 9.53 Å². The molecule has 0 bridgehead atoms. The molecule has 0 unspecified atom stereocenters. The molecule has 0 aromatic carbocycles. The number of hydrogen-bond donors (Lipinski definition) is 0. The number of rotatable bonds is 3. The Balaban J connectivity index is 2.22. The number of ether oxygens (including phenoxy) is 1. The summed E-state index contributed by atoms with van der Waals surface area (Å²) in [5.41, 5.74) is -0.311. The number of hydrogen-bond acceptors (Lipinski definition) is 3. The normalized spacial score (nSPS) is 34.2. The van der Waals surface area contributed by atoms with Crippen molar-refractivity contribution in [2.75, 3.05) is 19.7 Å². The first-order chi connectivity index (χ1) is 8.71. The number of likely N-dealkylation sites (tertiary alicyclic amines) is 1. The van der Waals surface area contributed by atoms with Crippen molar-refractivity contribution in [3.63, 3.8) is 0 Å². The minimum absolute atomic E-state index is 0.0408. The quantitative estimate of drug-likeness (QED) is 0.724. The molecule has 0 spiro atoms. The van der Waals surface area contributed by atoms with E-state index in [0.29, 0.717) is 12.5 Å². The van der Waals surface area contributed by atoms with Gasteiger partial charge in [-0.05, 0) is 51.6 Å². The summed E-state index contributed by atoms with van der Waals surface area (Å²) in [4.78, 5) is 15.0. The molecule has 1 saturated carbocycles.